The van der Waals surface area contributed by atoms with Crippen LogP contribution in [-0.2, 0) is 4.79 Å². The van der Waals surface area contributed by atoms with Gasteiger partial charge < -0.3 is 5.73 Å². The lowest BCUT2D eigenvalue weighted by molar-refractivity contribution is -0.113. The first kappa shape index (κ1) is 7.32. The van der Waals surface area contributed by atoms with Crippen molar-refractivity contribution < 1.29 is 4.79 Å². The molecule has 10 heavy (non-hydrogen) atoms. The molecule has 0 heterocycles. The summed E-state index contributed by atoms with van der Waals surface area (Å²) in [6, 6.07) is 0. The second-order valence-corrected chi connectivity index (χ2v) is 2.77. The Labute approximate surface area is 61.1 Å². The highest BCUT2D eigenvalue weighted by atomic mass is 16.1. The molecule has 2 N–H and O–H groups in total. The normalized spacial score (nSPS) is 18.6. The molecule has 1 aliphatic rings. The SMILES string of the molecule is NC(=O)C=C1CCCCC1. The highest BCUT2D eigenvalue weighted by Crippen LogP contribution is 2.21. The van der Waals surface area contributed by atoms with Gasteiger partial charge in [0.1, 0.15) is 0 Å². The van der Waals surface area contributed by atoms with Crippen molar-refractivity contribution in [2.75, 3.05) is 0 Å². The molecule has 0 aromatic rings. The first-order chi connectivity index (χ1) is 4.79. The monoisotopic (exact) mass is 139 g/mol. The lowest BCUT2D eigenvalue weighted by Crippen LogP contribution is -2.08. The van der Waals surface area contributed by atoms with Crippen molar-refractivity contribution in [1.29, 1.82) is 0 Å². The number of rotatable bonds is 1. The van der Waals surface area contributed by atoms with Crippen LogP contribution in [0.1, 0.15) is 32.1 Å². The molecule has 0 spiro atoms. The Hall–Kier alpha value is -0.790. The number of allylic oxidation sites excluding steroid dienone is 1. The van der Waals surface area contributed by atoms with Crippen LogP contribution in [0.25, 0.3) is 0 Å². The third-order valence-electron chi connectivity index (χ3n) is 1.84. The Bertz CT molecular complexity index is 153. The van der Waals surface area contributed by atoms with E-state index in [1.807, 2.05) is 0 Å². The molecule has 2 heteroatoms. The van der Waals surface area contributed by atoms with Crippen molar-refractivity contribution in [1.82, 2.24) is 0 Å². The Balaban J connectivity index is 2.45. The van der Waals surface area contributed by atoms with E-state index < -0.39 is 0 Å². The van der Waals surface area contributed by atoms with Crippen LogP contribution in [0.5, 0.6) is 0 Å². The van der Waals surface area contributed by atoms with Gasteiger partial charge >= 0.3 is 0 Å². The van der Waals surface area contributed by atoms with Crippen LogP contribution in [0.15, 0.2) is 11.6 Å². The van der Waals surface area contributed by atoms with Gasteiger partial charge in [0.2, 0.25) is 5.91 Å². The van der Waals surface area contributed by atoms with Gasteiger partial charge in [-0.25, -0.2) is 0 Å². The van der Waals surface area contributed by atoms with E-state index in [0.717, 1.165) is 12.8 Å². The fraction of sp³-hybridized carbons (Fsp3) is 0.625. The maximum atomic E-state index is 10.4. The highest BCUT2D eigenvalue weighted by Gasteiger charge is 2.05. The lowest BCUT2D eigenvalue weighted by atomic mass is 9.95. The van der Waals surface area contributed by atoms with Crippen molar-refractivity contribution >= 4 is 5.91 Å². The van der Waals surface area contributed by atoms with E-state index in [1.165, 1.54) is 24.8 Å². The van der Waals surface area contributed by atoms with Crippen molar-refractivity contribution in [3.05, 3.63) is 11.6 Å². The van der Waals surface area contributed by atoms with Crippen LogP contribution in [0.2, 0.25) is 0 Å². The van der Waals surface area contributed by atoms with Gasteiger partial charge in [-0.05, 0) is 25.7 Å². The topological polar surface area (TPSA) is 43.1 Å². The largest absolute Gasteiger partial charge is 0.366 e. The standard InChI is InChI=1S/C8H13NO/c9-8(10)6-7-4-2-1-3-5-7/h6H,1-5H2,(H2,9,10). The van der Waals surface area contributed by atoms with E-state index in [1.54, 1.807) is 6.08 Å². The summed E-state index contributed by atoms with van der Waals surface area (Å²) in [7, 11) is 0. The predicted molar refractivity (Wildman–Crippen MR) is 40.4 cm³/mol. The third kappa shape index (κ3) is 2.21. The zero-order valence-electron chi connectivity index (χ0n) is 6.10. The van der Waals surface area contributed by atoms with E-state index in [4.69, 9.17) is 5.73 Å². The van der Waals surface area contributed by atoms with Gasteiger partial charge in [0.05, 0.1) is 0 Å². The second-order valence-electron chi connectivity index (χ2n) is 2.77. The van der Waals surface area contributed by atoms with Crippen LogP contribution >= 0.6 is 0 Å². The molecule has 1 saturated carbocycles. The van der Waals surface area contributed by atoms with Crippen molar-refractivity contribution in [2.24, 2.45) is 5.73 Å². The number of nitrogens with two attached hydrogens (primary N) is 1. The van der Waals surface area contributed by atoms with E-state index >= 15 is 0 Å². The third-order valence-corrected chi connectivity index (χ3v) is 1.84. The summed E-state index contributed by atoms with van der Waals surface area (Å²) in [6.45, 7) is 0. The summed E-state index contributed by atoms with van der Waals surface area (Å²) in [5.41, 5.74) is 6.24. The predicted octanol–water partition coefficient (Wildman–Crippen LogP) is 1.36. The van der Waals surface area contributed by atoms with Gasteiger partial charge in [-0.1, -0.05) is 12.0 Å². The number of carbonyl (C=O) groups is 1. The molecular formula is C8H13NO. The lowest BCUT2D eigenvalue weighted by Gasteiger charge is -2.11. The van der Waals surface area contributed by atoms with E-state index in [2.05, 4.69) is 0 Å². The fourth-order valence-corrected chi connectivity index (χ4v) is 1.35. The number of hydrogen-bond donors (Lipinski definition) is 1. The second kappa shape index (κ2) is 3.40. The number of carbonyl (C=O) groups excluding carboxylic acids is 1. The minimum absolute atomic E-state index is 0.295. The molecule has 0 saturated heterocycles. The Kier molecular flexibility index (Phi) is 2.49. The Morgan fingerprint density at radius 3 is 2.40 bits per heavy atom. The number of amides is 1. The molecule has 0 bridgehead atoms. The molecule has 1 fully saturated rings. The molecule has 2 nitrogen and oxygen atoms in total. The molecule has 56 valence electrons. The van der Waals surface area contributed by atoms with Crippen molar-refractivity contribution in [3.8, 4) is 0 Å². The van der Waals surface area contributed by atoms with Crippen molar-refractivity contribution in [3.63, 3.8) is 0 Å². The molecular weight excluding hydrogens is 126 g/mol. The van der Waals surface area contributed by atoms with Gasteiger partial charge in [-0.3, -0.25) is 4.79 Å². The maximum Gasteiger partial charge on any atom is 0.241 e. The average Bonchev–Trinajstić information content (AvgIpc) is 1.88. The summed E-state index contributed by atoms with van der Waals surface area (Å²) < 4.78 is 0. The molecule has 0 unspecified atom stereocenters. The molecule has 0 radical (unpaired) electrons. The van der Waals surface area contributed by atoms with Gasteiger partial charge in [0, 0.05) is 6.08 Å². The Morgan fingerprint density at radius 2 is 1.90 bits per heavy atom. The molecule has 0 aromatic heterocycles. The summed E-state index contributed by atoms with van der Waals surface area (Å²) in [5.74, 6) is -0.295. The van der Waals surface area contributed by atoms with E-state index in [9.17, 15) is 4.79 Å². The van der Waals surface area contributed by atoms with Crippen molar-refractivity contribution in [2.45, 2.75) is 32.1 Å². The number of primary amides is 1. The maximum absolute atomic E-state index is 10.4. The highest BCUT2D eigenvalue weighted by molar-refractivity contribution is 5.86. The van der Waals surface area contributed by atoms with Crippen LogP contribution < -0.4 is 5.73 Å². The van der Waals surface area contributed by atoms with Crippen LogP contribution in [0, 0.1) is 0 Å². The van der Waals surface area contributed by atoms with E-state index in [0.29, 0.717) is 0 Å². The Morgan fingerprint density at radius 1 is 1.30 bits per heavy atom. The summed E-state index contributed by atoms with van der Waals surface area (Å²) in [4.78, 5) is 10.4. The minimum atomic E-state index is -0.295. The minimum Gasteiger partial charge on any atom is -0.366 e. The zero-order valence-corrected chi connectivity index (χ0v) is 6.10. The fourth-order valence-electron chi connectivity index (χ4n) is 1.35. The van der Waals surface area contributed by atoms with E-state index in [-0.39, 0.29) is 5.91 Å². The first-order valence-electron chi connectivity index (χ1n) is 3.78. The number of hydrogen-bond acceptors (Lipinski definition) is 1. The van der Waals surface area contributed by atoms with Crippen LogP contribution in [0.3, 0.4) is 0 Å². The molecule has 1 rings (SSSR count). The van der Waals surface area contributed by atoms with Gasteiger partial charge in [-0.15, -0.1) is 0 Å². The molecule has 0 aliphatic heterocycles. The summed E-state index contributed by atoms with van der Waals surface area (Å²) in [5, 5.41) is 0. The molecule has 0 atom stereocenters. The summed E-state index contributed by atoms with van der Waals surface area (Å²) >= 11 is 0. The quantitative estimate of drug-likeness (QED) is 0.548. The smallest absolute Gasteiger partial charge is 0.241 e. The molecule has 1 amide bonds. The van der Waals surface area contributed by atoms with Gasteiger partial charge in [0.15, 0.2) is 0 Å². The molecule has 0 aromatic carbocycles. The van der Waals surface area contributed by atoms with Crippen LogP contribution in [0.4, 0.5) is 0 Å². The van der Waals surface area contributed by atoms with Crippen LogP contribution in [-0.4, -0.2) is 5.91 Å². The summed E-state index contributed by atoms with van der Waals surface area (Å²) in [6.07, 6.45) is 7.47. The van der Waals surface area contributed by atoms with Gasteiger partial charge in [0.25, 0.3) is 0 Å². The average molecular weight is 139 g/mol. The van der Waals surface area contributed by atoms with Gasteiger partial charge in [-0.2, -0.15) is 0 Å². The first-order valence-corrected chi connectivity index (χ1v) is 3.78. The molecule has 1 aliphatic carbocycles. The zero-order chi connectivity index (χ0) is 7.40.